The SMILES string of the molecule is CCOC(=O)CC1CCN(c2c(F)cc(-c3nc(OC4CCC4)cs3)cc2F)CC1. The number of ether oxygens (including phenoxy) is 2. The van der Waals surface area contributed by atoms with Crippen molar-refractivity contribution in [1.82, 2.24) is 4.98 Å². The molecule has 0 unspecified atom stereocenters. The number of nitrogens with zero attached hydrogens (tertiary/aromatic N) is 2. The van der Waals surface area contributed by atoms with Crippen LogP contribution in [0.1, 0.15) is 45.4 Å². The summed E-state index contributed by atoms with van der Waals surface area (Å²) in [5, 5.41) is 2.33. The standard InChI is InChI=1S/C22H26F2N2O3S/c1-2-28-20(27)10-14-6-8-26(9-7-14)21-17(23)11-15(12-18(21)24)22-25-19(13-30-22)29-16-4-3-5-16/h11-14,16H,2-10H2,1H3. The predicted molar refractivity (Wildman–Crippen MR) is 112 cm³/mol. The van der Waals surface area contributed by atoms with Crippen LogP contribution in [0.2, 0.25) is 0 Å². The summed E-state index contributed by atoms with van der Waals surface area (Å²) in [6, 6.07) is 2.68. The van der Waals surface area contributed by atoms with Crippen molar-refractivity contribution in [1.29, 1.82) is 0 Å². The Morgan fingerprint density at radius 2 is 1.90 bits per heavy atom. The average molecular weight is 437 g/mol. The largest absolute Gasteiger partial charge is 0.474 e. The van der Waals surface area contributed by atoms with Gasteiger partial charge in [0.25, 0.3) is 0 Å². The van der Waals surface area contributed by atoms with Crippen LogP contribution in [0.5, 0.6) is 5.88 Å². The molecule has 2 aliphatic rings. The quantitative estimate of drug-likeness (QED) is 0.559. The molecule has 4 rings (SSSR count). The smallest absolute Gasteiger partial charge is 0.306 e. The summed E-state index contributed by atoms with van der Waals surface area (Å²) in [6.07, 6.45) is 5.20. The number of hydrogen-bond donors (Lipinski definition) is 0. The Bertz CT molecular complexity index is 869. The van der Waals surface area contributed by atoms with E-state index in [9.17, 15) is 13.6 Å². The van der Waals surface area contributed by atoms with E-state index in [1.165, 1.54) is 29.9 Å². The molecule has 2 aromatic rings. The van der Waals surface area contributed by atoms with E-state index in [4.69, 9.17) is 9.47 Å². The summed E-state index contributed by atoms with van der Waals surface area (Å²) in [6.45, 7) is 3.17. The predicted octanol–water partition coefficient (Wildman–Crippen LogP) is 5.19. The van der Waals surface area contributed by atoms with Crippen LogP contribution in [0.15, 0.2) is 17.5 Å². The van der Waals surface area contributed by atoms with Gasteiger partial charge in [-0.1, -0.05) is 0 Å². The van der Waals surface area contributed by atoms with Crippen LogP contribution in [0.3, 0.4) is 0 Å². The van der Waals surface area contributed by atoms with Crippen molar-refractivity contribution in [2.45, 2.75) is 51.6 Å². The second kappa shape index (κ2) is 9.29. The molecule has 1 aromatic heterocycles. The molecule has 0 spiro atoms. The first-order valence-corrected chi connectivity index (χ1v) is 11.4. The van der Waals surface area contributed by atoms with Crippen LogP contribution in [0.4, 0.5) is 14.5 Å². The second-order valence-corrected chi connectivity index (χ2v) is 8.75. The second-order valence-electron chi connectivity index (χ2n) is 7.89. The van der Waals surface area contributed by atoms with Crippen molar-refractivity contribution >= 4 is 23.0 Å². The highest BCUT2D eigenvalue weighted by Crippen LogP contribution is 2.35. The van der Waals surface area contributed by atoms with Crippen molar-refractivity contribution in [2.24, 2.45) is 5.92 Å². The highest BCUT2D eigenvalue weighted by atomic mass is 32.1. The van der Waals surface area contributed by atoms with Crippen molar-refractivity contribution in [3.05, 3.63) is 29.1 Å². The van der Waals surface area contributed by atoms with E-state index < -0.39 is 11.6 Å². The van der Waals surface area contributed by atoms with Crippen LogP contribution in [-0.2, 0) is 9.53 Å². The topological polar surface area (TPSA) is 51.7 Å². The molecule has 30 heavy (non-hydrogen) atoms. The Balaban J connectivity index is 1.41. The van der Waals surface area contributed by atoms with Gasteiger partial charge in [-0.2, -0.15) is 0 Å². The molecule has 2 fully saturated rings. The third-order valence-corrected chi connectivity index (χ3v) is 6.65. The first kappa shape index (κ1) is 21.0. The third kappa shape index (κ3) is 4.74. The number of hydrogen-bond acceptors (Lipinski definition) is 6. The van der Waals surface area contributed by atoms with Crippen molar-refractivity contribution in [3.63, 3.8) is 0 Å². The Hall–Kier alpha value is -2.22. The Morgan fingerprint density at radius 1 is 1.20 bits per heavy atom. The summed E-state index contributed by atoms with van der Waals surface area (Å²) in [4.78, 5) is 17.8. The number of carbonyl (C=O) groups excluding carboxylic acids is 1. The molecule has 0 radical (unpaired) electrons. The van der Waals surface area contributed by atoms with Gasteiger partial charge in [-0.25, -0.2) is 13.8 Å². The van der Waals surface area contributed by atoms with Gasteiger partial charge in [0.1, 0.15) is 28.4 Å². The van der Waals surface area contributed by atoms with Gasteiger partial charge in [-0.15, -0.1) is 11.3 Å². The summed E-state index contributed by atoms with van der Waals surface area (Å²) in [7, 11) is 0. The minimum absolute atomic E-state index is 0.00386. The number of anilines is 1. The maximum absolute atomic E-state index is 14.9. The number of aromatic nitrogens is 1. The van der Waals surface area contributed by atoms with Crippen molar-refractivity contribution in [3.8, 4) is 16.5 Å². The molecule has 5 nitrogen and oxygen atoms in total. The van der Waals surface area contributed by atoms with E-state index >= 15 is 0 Å². The molecule has 0 bridgehead atoms. The molecule has 1 aliphatic heterocycles. The molecular weight excluding hydrogens is 410 g/mol. The zero-order valence-corrected chi connectivity index (χ0v) is 17.9. The normalized spacial score (nSPS) is 17.6. The van der Waals surface area contributed by atoms with Gasteiger partial charge in [-0.3, -0.25) is 4.79 Å². The van der Waals surface area contributed by atoms with E-state index in [2.05, 4.69) is 4.98 Å². The number of carbonyl (C=O) groups is 1. The number of halogens is 2. The van der Waals surface area contributed by atoms with Crippen LogP contribution >= 0.6 is 11.3 Å². The third-order valence-electron chi connectivity index (χ3n) is 5.78. The lowest BCUT2D eigenvalue weighted by molar-refractivity contribution is -0.144. The summed E-state index contributed by atoms with van der Waals surface area (Å²) < 4.78 is 40.5. The first-order valence-electron chi connectivity index (χ1n) is 10.6. The maximum Gasteiger partial charge on any atom is 0.306 e. The van der Waals surface area contributed by atoms with Gasteiger partial charge in [0.05, 0.1) is 12.0 Å². The van der Waals surface area contributed by atoms with Crippen LogP contribution in [0.25, 0.3) is 10.6 Å². The van der Waals surface area contributed by atoms with E-state index in [-0.39, 0.29) is 23.7 Å². The van der Waals surface area contributed by atoms with Gasteiger partial charge in [0.15, 0.2) is 0 Å². The monoisotopic (exact) mass is 436 g/mol. The van der Waals surface area contributed by atoms with E-state index in [1.54, 1.807) is 17.2 Å². The lowest BCUT2D eigenvalue weighted by Crippen LogP contribution is -2.35. The fraction of sp³-hybridized carbons (Fsp3) is 0.545. The lowest BCUT2D eigenvalue weighted by Gasteiger charge is -2.33. The molecule has 0 atom stereocenters. The molecule has 1 aromatic carbocycles. The molecule has 0 N–H and O–H groups in total. The Morgan fingerprint density at radius 3 is 2.50 bits per heavy atom. The molecule has 2 heterocycles. The van der Waals surface area contributed by atoms with Crippen molar-refractivity contribution < 1.29 is 23.0 Å². The molecule has 1 aliphatic carbocycles. The van der Waals surface area contributed by atoms with E-state index in [0.717, 1.165) is 12.8 Å². The molecule has 1 saturated carbocycles. The maximum atomic E-state index is 14.9. The zero-order valence-electron chi connectivity index (χ0n) is 17.0. The molecule has 0 amide bonds. The number of benzene rings is 1. The van der Waals surface area contributed by atoms with Crippen molar-refractivity contribution in [2.75, 3.05) is 24.6 Å². The fourth-order valence-corrected chi connectivity index (χ4v) is 4.63. The van der Waals surface area contributed by atoms with Crippen LogP contribution < -0.4 is 9.64 Å². The summed E-state index contributed by atoms with van der Waals surface area (Å²) in [5.41, 5.74) is 0.412. The van der Waals surface area contributed by atoms with Crippen LogP contribution in [0, 0.1) is 17.6 Å². The zero-order chi connectivity index (χ0) is 21.1. The molecular formula is C22H26F2N2O3S. The number of esters is 1. The van der Waals surface area contributed by atoms with Gasteiger partial charge in [-0.05, 0) is 57.1 Å². The summed E-state index contributed by atoms with van der Waals surface area (Å²) in [5.74, 6) is -0.679. The first-order chi connectivity index (χ1) is 14.5. The van der Waals surface area contributed by atoms with Crippen LogP contribution in [-0.4, -0.2) is 36.8 Å². The van der Waals surface area contributed by atoms with Gasteiger partial charge >= 0.3 is 5.97 Å². The minimum atomic E-state index is -0.592. The van der Waals surface area contributed by atoms with E-state index in [0.29, 0.717) is 55.4 Å². The Kier molecular flexibility index (Phi) is 6.51. The van der Waals surface area contributed by atoms with E-state index in [1.807, 2.05) is 0 Å². The fourth-order valence-electron chi connectivity index (χ4n) is 3.91. The number of piperidine rings is 1. The van der Waals surface area contributed by atoms with Gasteiger partial charge < -0.3 is 14.4 Å². The highest BCUT2D eigenvalue weighted by molar-refractivity contribution is 7.13. The highest BCUT2D eigenvalue weighted by Gasteiger charge is 2.26. The number of rotatable bonds is 7. The average Bonchev–Trinajstić information content (AvgIpc) is 3.14. The summed E-state index contributed by atoms with van der Waals surface area (Å²) >= 11 is 1.32. The Labute approximate surface area is 179 Å². The molecule has 8 heteroatoms. The number of thiazole rings is 1. The van der Waals surface area contributed by atoms with Gasteiger partial charge in [0.2, 0.25) is 5.88 Å². The lowest BCUT2D eigenvalue weighted by atomic mass is 9.93. The minimum Gasteiger partial charge on any atom is -0.474 e. The molecule has 1 saturated heterocycles. The van der Waals surface area contributed by atoms with Gasteiger partial charge in [0, 0.05) is 25.1 Å². The molecule has 162 valence electrons.